The van der Waals surface area contributed by atoms with Crippen LogP contribution in [-0.2, 0) is 16.1 Å². The minimum atomic E-state index is -0.162. The molecule has 0 radical (unpaired) electrons. The smallest absolute Gasteiger partial charge is 0.307 e. The van der Waals surface area contributed by atoms with Crippen molar-refractivity contribution in [3.05, 3.63) is 30.1 Å². The molecule has 0 fully saturated rings. The first kappa shape index (κ1) is 11.6. The van der Waals surface area contributed by atoms with Crippen molar-refractivity contribution in [1.29, 1.82) is 0 Å². The molecule has 0 aliphatic rings. The van der Waals surface area contributed by atoms with E-state index in [-0.39, 0.29) is 5.97 Å². The van der Waals surface area contributed by atoms with Gasteiger partial charge in [0, 0.05) is 6.54 Å². The largest absolute Gasteiger partial charge is 0.466 e. The lowest BCUT2D eigenvalue weighted by molar-refractivity contribution is -0.143. The van der Waals surface area contributed by atoms with Gasteiger partial charge in [0.1, 0.15) is 5.82 Å². The number of ether oxygens (including phenoxy) is 1. The van der Waals surface area contributed by atoms with Crippen LogP contribution in [0.5, 0.6) is 0 Å². The number of esters is 1. The van der Waals surface area contributed by atoms with Crippen molar-refractivity contribution in [1.82, 2.24) is 9.55 Å². The number of fused-ring (bicyclic) bond motifs is 1. The number of carbonyl (C=O) groups excluding carboxylic acids is 1. The van der Waals surface area contributed by atoms with Gasteiger partial charge in [0.15, 0.2) is 0 Å². The van der Waals surface area contributed by atoms with Crippen LogP contribution < -0.4 is 0 Å². The van der Waals surface area contributed by atoms with E-state index in [1.54, 1.807) is 0 Å². The summed E-state index contributed by atoms with van der Waals surface area (Å²) in [7, 11) is 0. The van der Waals surface area contributed by atoms with E-state index in [1.165, 1.54) is 0 Å². The lowest BCUT2D eigenvalue weighted by atomic mass is 10.3. The van der Waals surface area contributed by atoms with Gasteiger partial charge in [0.2, 0.25) is 0 Å². The average molecular weight is 232 g/mol. The van der Waals surface area contributed by atoms with E-state index >= 15 is 0 Å². The minimum Gasteiger partial charge on any atom is -0.466 e. The van der Waals surface area contributed by atoms with Crippen molar-refractivity contribution in [3.63, 3.8) is 0 Å². The van der Waals surface area contributed by atoms with E-state index in [4.69, 9.17) is 4.74 Å². The van der Waals surface area contributed by atoms with Crippen molar-refractivity contribution in [2.75, 3.05) is 6.61 Å². The molecule has 90 valence electrons. The minimum absolute atomic E-state index is 0.162. The molecule has 0 aliphatic carbocycles. The lowest BCUT2D eigenvalue weighted by Crippen LogP contribution is -2.09. The van der Waals surface area contributed by atoms with Crippen molar-refractivity contribution in [3.8, 4) is 0 Å². The molecule has 0 aliphatic heterocycles. The summed E-state index contributed by atoms with van der Waals surface area (Å²) in [6.45, 7) is 4.81. The van der Waals surface area contributed by atoms with Crippen LogP contribution in [0.4, 0.5) is 0 Å². The fourth-order valence-electron chi connectivity index (χ4n) is 1.91. The van der Waals surface area contributed by atoms with Gasteiger partial charge < -0.3 is 9.30 Å². The van der Waals surface area contributed by atoms with Crippen LogP contribution in [0.1, 0.15) is 19.2 Å². The molecule has 0 N–H and O–H groups in total. The summed E-state index contributed by atoms with van der Waals surface area (Å²) in [5.74, 6) is 0.764. The summed E-state index contributed by atoms with van der Waals surface area (Å²) in [4.78, 5) is 15.8. The van der Waals surface area contributed by atoms with Crippen LogP contribution in [0.15, 0.2) is 24.3 Å². The third-order valence-corrected chi connectivity index (χ3v) is 2.69. The van der Waals surface area contributed by atoms with Gasteiger partial charge in [0.25, 0.3) is 0 Å². The first-order chi connectivity index (χ1) is 8.22. The molecule has 0 saturated carbocycles. The monoisotopic (exact) mass is 232 g/mol. The average Bonchev–Trinajstić information content (AvgIpc) is 2.62. The van der Waals surface area contributed by atoms with Crippen molar-refractivity contribution in [2.24, 2.45) is 0 Å². The number of aromatic nitrogens is 2. The lowest BCUT2D eigenvalue weighted by Gasteiger charge is -2.06. The molecule has 0 unspecified atom stereocenters. The Morgan fingerprint density at radius 1 is 1.41 bits per heavy atom. The Hall–Kier alpha value is -1.84. The van der Waals surface area contributed by atoms with Gasteiger partial charge in [-0.3, -0.25) is 4.79 Å². The van der Waals surface area contributed by atoms with E-state index in [0.29, 0.717) is 19.6 Å². The number of benzene rings is 1. The van der Waals surface area contributed by atoms with E-state index in [0.717, 1.165) is 16.9 Å². The molecule has 4 heteroatoms. The summed E-state index contributed by atoms with van der Waals surface area (Å²) in [5.41, 5.74) is 2.03. The molecule has 2 rings (SSSR count). The third-order valence-electron chi connectivity index (χ3n) is 2.69. The summed E-state index contributed by atoms with van der Waals surface area (Å²) in [5, 5.41) is 0. The highest BCUT2D eigenvalue weighted by Gasteiger charge is 2.08. The molecule has 0 spiro atoms. The Morgan fingerprint density at radius 2 is 2.18 bits per heavy atom. The number of aryl methyl sites for hydroxylation is 2. The van der Waals surface area contributed by atoms with Gasteiger partial charge in [0.05, 0.1) is 24.1 Å². The quantitative estimate of drug-likeness (QED) is 0.760. The Balaban J connectivity index is 2.18. The second-order valence-corrected chi connectivity index (χ2v) is 3.85. The fourth-order valence-corrected chi connectivity index (χ4v) is 1.91. The topological polar surface area (TPSA) is 44.1 Å². The fraction of sp³-hybridized carbons (Fsp3) is 0.385. The van der Waals surface area contributed by atoms with Crippen LogP contribution in [-0.4, -0.2) is 22.1 Å². The molecule has 1 heterocycles. The number of rotatable bonds is 4. The second-order valence-electron chi connectivity index (χ2n) is 3.85. The van der Waals surface area contributed by atoms with E-state index in [9.17, 15) is 4.79 Å². The number of para-hydroxylation sites is 2. The van der Waals surface area contributed by atoms with Gasteiger partial charge in [-0.2, -0.15) is 0 Å². The summed E-state index contributed by atoms with van der Waals surface area (Å²) in [6, 6.07) is 7.93. The first-order valence-electron chi connectivity index (χ1n) is 5.80. The number of hydrogen-bond acceptors (Lipinski definition) is 3. The summed E-state index contributed by atoms with van der Waals surface area (Å²) < 4.78 is 6.97. The molecule has 4 nitrogen and oxygen atoms in total. The maximum Gasteiger partial charge on any atom is 0.307 e. The van der Waals surface area contributed by atoms with Crippen LogP contribution in [0, 0.1) is 6.92 Å². The molecule has 0 amide bonds. The Kier molecular flexibility index (Phi) is 3.42. The Bertz CT molecular complexity index is 531. The van der Waals surface area contributed by atoms with Crippen LogP contribution in [0.2, 0.25) is 0 Å². The number of carbonyl (C=O) groups is 1. The predicted molar refractivity (Wildman–Crippen MR) is 65.7 cm³/mol. The van der Waals surface area contributed by atoms with Crippen molar-refractivity contribution in [2.45, 2.75) is 26.8 Å². The van der Waals surface area contributed by atoms with Crippen molar-refractivity contribution >= 4 is 17.0 Å². The molecule has 17 heavy (non-hydrogen) atoms. The molecule has 0 saturated heterocycles. The number of nitrogens with zero attached hydrogens (tertiary/aromatic N) is 2. The van der Waals surface area contributed by atoms with E-state index in [2.05, 4.69) is 4.98 Å². The summed E-state index contributed by atoms with van der Waals surface area (Å²) in [6.07, 6.45) is 0.384. The van der Waals surface area contributed by atoms with Gasteiger partial charge >= 0.3 is 5.97 Å². The predicted octanol–water partition coefficient (Wildman–Crippen LogP) is 2.30. The zero-order chi connectivity index (χ0) is 12.3. The standard InChI is InChI=1S/C13H16N2O2/c1-3-17-13(16)8-9-15-10(2)14-11-6-4-5-7-12(11)15/h4-7H,3,8-9H2,1-2H3. The summed E-state index contributed by atoms with van der Waals surface area (Å²) >= 11 is 0. The normalized spacial score (nSPS) is 10.7. The van der Waals surface area contributed by atoms with Gasteiger partial charge in [-0.1, -0.05) is 12.1 Å². The highest BCUT2D eigenvalue weighted by atomic mass is 16.5. The maximum atomic E-state index is 11.3. The van der Waals surface area contributed by atoms with Crippen LogP contribution >= 0.6 is 0 Å². The maximum absolute atomic E-state index is 11.3. The van der Waals surface area contributed by atoms with Crippen LogP contribution in [0.3, 0.4) is 0 Å². The highest BCUT2D eigenvalue weighted by Crippen LogP contribution is 2.15. The Labute approximate surface area is 100 Å². The van der Waals surface area contributed by atoms with E-state index in [1.807, 2.05) is 42.7 Å². The van der Waals surface area contributed by atoms with E-state index < -0.39 is 0 Å². The molecular weight excluding hydrogens is 216 g/mol. The number of imidazole rings is 1. The molecule has 1 aromatic carbocycles. The van der Waals surface area contributed by atoms with Gasteiger partial charge in [-0.15, -0.1) is 0 Å². The second kappa shape index (κ2) is 4.99. The zero-order valence-electron chi connectivity index (χ0n) is 10.1. The first-order valence-corrected chi connectivity index (χ1v) is 5.80. The molecular formula is C13H16N2O2. The van der Waals surface area contributed by atoms with Gasteiger partial charge in [-0.25, -0.2) is 4.98 Å². The third kappa shape index (κ3) is 2.46. The molecule has 1 aromatic heterocycles. The zero-order valence-corrected chi connectivity index (χ0v) is 10.1. The van der Waals surface area contributed by atoms with Crippen molar-refractivity contribution < 1.29 is 9.53 Å². The SMILES string of the molecule is CCOC(=O)CCn1c(C)nc2ccccc21. The molecule has 2 aromatic rings. The molecule has 0 bridgehead atoms. The van der Waals surface area contributed by atoms with Gasteiger partial charge in [-0.05, 0) is 26.0 Å². The highest BCUT2D eigenvalue weighted by molar-refractivity contribution is 5.76. The van der Waals surface area contributed by atoms with Crippen LogP contribution in [0.25, 0.3) is 11.0 Å². The Morgan fingerprint density at radius 3 is 2.94 bits per heavy atom. The number of hydrogen-bond donors (Lipinski definition) is 0. The molecule has 0 atom stereocenters.